The van der Waals surface area contributed by atoms with Gasteiger partial charge in [-0.05, 0) is 5.92 Å². The van der Waals surface area contributed by atoms with Crippen LogP contribution in [0, 0.1) is 5.92 Å². The molecule has 0 radical (unpaired) electrons. The second-order valence-electron chi connectivity index (χ2n) is 6.49. The van der Waals surface area contributed by atoms with Crippen molar-refractivity contribution in [2.45, 2.75) is 51.2 Å². The summed E-state index contributed by atoms with van der Waals surface area (Å²) >= 11 is 0. The number of aliphatic carboxylic acids is 1. The summed E-state index contributed by atoms with van der Waals surface area (Å²) in [6.07, 6.45) is -0.615. The van der Waals surface area contributed by atoms with E-state index in [9.17, 15) is 28.8 Å². The average molecular weight is 416 g/mol. The molecule has 13 nitrogen and oxygen atoms in total. The third kappa shape index (κ3) is 10.0. The van der Waals surface area contributed by atoms with Gasteiger partial charge in [0, 0.05) is 0 Å². The van der Waals surface area contributed by atoms with Crippen LogP contribution < -0.4 is 33.2 Å². The highest BCUT2D eigenvalue weighted by Crippen LogP contribution is 2.09. The highest BCUT2D eigenvalue weighted by atomic mass is 16.4. The Morgan fingerprint density at radius 3 is 1.90 bits per heavy atom. The van der Waals surface area contributed by atoms with Gasteiger partial charge in [-0.15, -0.1) is 0 Å². The van der Waals surface area contributed by atoms with E-state index in [1.54, 1.807) is 13.8 Å². The molecule has 29 heavy (non-hydrogen) atoms. The van der Waals surface area contributed by atoms with E-state index in [1.165, 1.54) is 0 Å². The van der Waals surface area contributed by atoms with Crippen molar-refractivity contribution in [1.82, 2.24) is 16.0 Å². The molecule has 0 aliphatic rings. The van der Waals surface area contributed by atoms with Gasteiger partial charge in [0.25, 0.3) is 0 Å². The maximum Gasteiger partial charge on any atom is 0.322 e. The number of carboxylic acid groups (broad SMARTS) is 1. The first-order valence-electron chi connectivity index (χ1n) is 8.81. The minimum atomic E-state index is -1.46. The van der Waals surface area contributed by atoms with Crippen LogP contribution in [0.2, 0.25) is 0 Å². The number of amides is 5. The lowest BCUT2D eigenvalue weighted by Gasteiger charge is -2.26. The Morgan fingerprint density at radius 1 is 0.897 bits per heavy atom. The molecule has 0 heterocycles. The largest absolute Gasteiger partial charge is 0.480 e. The first-order chi connectivity index (χ1) is 13.4. The van der Waals surface area contributed by atoms with Gasteiger partial charge in [0.05, 0.1) is 18.9 Å². The maximum absolute atomic E-state index is 12.6. The van der Waals surface area contributed by atoms with Crippen LogP contribution in [0.5, 0.6) is 0 Å². The summed E-state index contributed by atoms with van der Waals surface area (Å²) in [4.78, 5) is 69.6. The molecule has 4 unspecified atom stereocenters. The first kappa shape index (κ1) is 25.8. The normalized spacial score (nSPS) is 14.6. The van der Waals surface area contributed by atoms with Gasteiger partial charge in [-0.2, -0.15) is 0 Å². The minimum absolute atomic E-state index is 0.394. The molecule has 0 aliphatic heterocycles. The summed E-state index contributed by atoms with van der Waals surface area (Å²) in [7, 11) is 0. The summed E-state index contributed by atoms with van der Waals surface area (Å²) in [5.74, 6) is -5.98. The fraction of sp³-hybridized carbons (Fsp3) is 0.625. The van der Waals surface area contributed by atoms with E-state index in [4.69, 9.17) is 22.3 Å². The second-order valence-corrected chi connectivity index (χ2v) is 6.49. The summed E-state index contributed by atoms with van der Waals surface area (Å²) < 4.78 is 0. The minimum Gasteiger partial charge on any atom is -0.480 e. The number of nitrogens with one attached hydrogen (secondary N) is 3. The predicted octanol–water partition coefficient (Wildman–Crippen LogP) is -3.72. The number of primary amides is 2. The van der Waals surface area contributed by atoms with E-state index in [0.717, 1.165) is 0 Å². The summed E-state index contributed by atoms with van der Waals surface area (Å²) in [5.41, 5.74) is 15.6. The SMILES string of the molecule is CCC(C)C(NC(=O)C(CC(N)=O)NC(=O)C(N)CC(N)=O)C(=O)NCC(=O)O. The molecule has 0 aromatic rings. The van der Waals surface area contributed by atoms with E-state index in [1.807, 2.05) is 0 Å². The van der Waals surface area contributed by atoms with Crippen molar-refractivity contribution in [2.75, 3.05) is 6.54 Å². The highest BCUT2D eigenvalue weighted by molar-refractivity contribution is 5.96. The van der Waals surface area contributed by atoms with Gasteiger partial charge in [0.15, 0.2) is 0 Å². The molecule has 0 aliphatic carbocycles. The molecular weight excluding hydrogens is 388 g/mol. The van der Waals surface area contributed by atoms with Gasteiger partial charge in [0.2, 0.25) is 29.5 Å². The molecule has 0 bridgehead atoms. The van der Waals surface area contributed by atoms with Gasteiger partial charge in [-0.3, -0.25) is 28.8 Å². The number of carbonyl (C=O) groups is 6. The van der Waals surface area contributed by atoms with Gasteiger partial charge < -0.3 is 38.3 Å². The molecule has 5 amide bonds. The zero-order valence-electron chi connectivity index (χ0n) is 16.3. The van der Waals surface area contributed by atoms with Crippen molar-refractivity contribution < 1.29 is 33.9 Å². The fourth-order valence-electron chi connectivity index (χ4n) is 2.23. The van der Waals surface area contributed by atoms with Crippen LogP contribution in [0.15, 0.2) is 0 Å². The Morgan fingerprint density at radius 2 is 1.45 bits per heavy atom. The molecule has 0 rings (SSSR count). The standard InChI is InChI=1S/C16H28N6O7/c1-3-7(2)13(16(29)20-6-12(25)26)22-15(28)9(5-11(19)24)21-14(27)8(17)4-10(18)23/h7-9,13H,3-6,17H2,1-2H3,(H2,18,23)(H2,19,24)(H,20,29)(H,21,27)(H,22,28)(H,25,26). The number of carbonyl (C=O) groups excluding carboxylic acids is 5. The monoisotopic (exact) mass is 416 g/mol. The lowest BCUT2D eigenvalue weighted by Crippen LogP contribution is -2.58. The van der Waals surface area contributed by atoms with E-state index >= 15 is 0 Å². The molecule has 4 atom stereocenters. The van der Waals surface area contributed by atoms with Crippen molar-refractivity contribution >= 4 is 35.5 Å². The number of nitrogens with two attached hydrogens (primary N) is 3. The van der Waals surface area contributed by atoms with Gasteiger partial charge in [-0.25, -0.2) is 0 Å². The van der Waals surface area contributed by atoms with Gasteiger partial charge in [0.1, 0.15) is 18.6 Å². The topological polar surface area (TPSA) is 237 Å². The predicted molar refractivity (Wildman–Crippen MR) is 99.6 cm³/mol. The summed E-state index contributed by atoms with van der Waals surface area (Å²) in [5, 5.41) is 15.4. The van der Waals surface area contributed by atoms with E-state index < -0.39 is 78.9 Å². The van der Waals surface area contributed by atoms with Crippen LogP contribution in [0.25, 0.3) is 0 Å². The van der Waals surface area contributed by atoms with Crippen molar-refractivity contribution in [1.29, 1.82) is 0 Å². The molecular formula is C16H28N6O7. The van der Waals surface area contributed by atoms with Crippen molar-refractivity contribution in [3.63, 3.8) is 0 Å². The zero-order chi connectivity index (χ0) is 22.7. The average Bonchev–Trinajstić information content (AvgIpc) is 2.61. The number of hydrogen-bond acceptors (Lipinski definition) is 7. The van der Waals surface area contributed by atoms with Gasteiger partial charge >= 0.3 is 5.97 Å². The van der Waals surface area contributed by atoms with Crippen LogP contribution in [-0.4, -0.2) is 65.3 Å². The van der Waals surface area contributed by atoms with Crippen LogP contribution in [0.1, 0.15) is 33.1 Å². The molecule has 10 N–H and O–H groups in total. The van der Waals surface area contributed by atoms with Crippen molar-refractivity contribution in [2.24, 2.45) is 23.1 Å². The lowest BCUT2D eigenvalue weighted by atomic mass is 9.97. The molecule has 0 saturated heterocycles. The molecule has 13 heteroatoms. The lowest BCUT2D eigenvalue weighted by molar-refractivity contribution is -0.139. The van der Waals surface area contributed by atoms with E-state index in [2.05, 4.69) is 16.0 Å². The summed E-state index contributed by atoms with van der Waals surface area (Å²) in [6.45, 7) is 2.75. The Balaban J connectivity index is 5.34. The third-order valence-electron chi connectivity index (χ3n) is 4.00. The zero-order valence-corrected chi connectivity index (χ0v) is 16.3. The first-order valence-corrected chi connectivity index (χ1v) is 8.81. The molecule has 164 valence electrons. The smallest absolute Gasteiger partial charge is 0.322 e. The molecule has 0 aromatic heterocycles. The molecule has 0 aromatic carbocycles. The number of hydrogen-bond donors (Lipinski definition) is 7. The Hall–Kier alpha value is -3.22. The molecule has 0 saturated carbocycles. The highest BCUT2D eigenvalue weighted by Gasteiger charge is 2.31. The number of carboxylic acids is 1. The van der Waals surface area contributed by atoms with Crippen LogP contribution in [-0.2, 0) is 28.8 Å². The fourth-order valence-corrected chi connectivity index (χ4v) is 2.23. The second kappa shape index (κ2) is 12.3. The summed E-state index contributed by atoms with van der Waals surface area (Å²) in [6, 6.07) is -3.93. The Bertz CT molecular complexity index is 654. The van der Waals surface area contributed by atoms with E-state index in [-0.39, 0.29) is 0 Å². The van der Waals surface area contributed by atoms with Crippen LogP contribution >= 0.6 is 0 Å². The number of rotatable bonds is 13. The van der Waals surface area contributed by atoms with E-state index in [0.29, 0.717) is 6.42 Å². The molecule has 0 spiro atoms. The van der Waals surface area contributed by atoms with Crippen LogP contribution in [0.4, 0.5) is 0 Å². The maximum atomic E-state index is 12.6. The Kier molecular flexibility index (Phi) is 10.9. The Labute approximate surface area is 167 Å². The van der Waals surface area contributed by atoms with Crippen LogP contribution in [0.3, 0.4) is 0 Å². The van der Waals surface area contributed by atoms with Gasteiger partial charge in [-0.1, -0.05) is 20.3 Å². The third-order valence-corrected chi connectivity index (χ3v) is 4.00. The molecule has 0 fully saturated rings. The quantitative estimate of drug-likeness (QED) is 0.157. The van der Waals surface area contributed by atoms with Crippen molar-refractivity contribution in [3.8, 4) is 0 Å². The van der Waals surface area contributed by atoms with Crippen molar-refractivity contribution in [3.05, 3.63) is 0 Å².